The van der Waals surface area contributed by atoms with E-state index in [1.807, 2.05) is 0 Å². The molecule has 0 aliphatic rings. The van der Waals surface area contributed by atoms with Crippen LogP contribution in [0.25, 0.3) is 0 Å². The molecule has 3 aromatic rings. The van der Waals surface area contributed by atoms with Crippen molar-refractivity contribution in [2.75, 3.05) is 10.6 Å². The molecule has 1 aromatic carbocycles. The summed E-state index contributed by atoms with van der Waals surface area (Å²) in [7, 11) is 0. The number of benzene rings is 1. The summed E-state index contributed by atoms with van der Waals surface area (Å²) < 4.78 is 32.1. The van der Waals surface area contributed by atoms with Gasteiger partial charge in [0.25, 0.3) is 0 Å². The van der Waals surface area contributed by atoms with Crippen molar-refractivity contribution >= 4 is 23.0 Å². The Balaban J connectivity index is 1.92. The first-order chi connectivity index (χ1) is 12.0. The molecule has 128 valence electrons. The summed E-state index contributed by atoms with van der Waals surface area (Å²) in [6.45, 7) is 0.151. The second-order valence-electron chi connectivity index (χ2n) is 4.86. The van der Waals surface area contributed by atoms with Crippen molar-refractivity contribution in [3.8, 4) is 0 Å². The van der Waals surface area contributed by atoms with Crippen LogP contribution in [0.3, 0.4) is 0 Å². The van der Waals surface area contributed by atoms with Crippen molar-refractivity contribution in [3.63, 3.8) is 0 Å². The maximum absolute atomic E-state index is 13.8. The smallest absolute Gasteiger partial charge is 0.353 e. The summed E-state index contributed by atoms with van der Waals surface area (Å²) in [5.74, 6) is -1.29. The van der Waals surface area contributed by atoms with E-state index in [1.165, 1.54) is 6.26 Å². The van der Waals surface area contributed by atoms with E-state index >= 15 is 0 Å². The van der Waals surface area contributed by atoms with Crippen molar-refractivity contribution in [3.05, 3.63) is 70.4 Å². The third-order valence-electron chi connectivity index (χ3n) is 3.20. The Morgan fingerprint density at radius 3 is 2.72 bits per heavy atom. The molecule has 0 radical (unpaired) electrons. The largest absolute Gasteiger partial charge is 0.467 e. The van der Waals surface area contributed by atoms with Gasteiger partial charge in [-0.15, -0.1) is 0 Å². The molecule has 0 amide bonds. The number of halogens is 2. The Labute approximate surface area is 139 Å². The zero-order valence-electron chi connectivity index (χ0n) is 12.6. The van der Waals surface area contributed by atoms with E-state index in [1.54, 1.807) is 12.1 Å². The van der Waals surface area contributed by atoms with Gasteiger partial charge in [-0.3, -0.25) is 10.1 Å². The molecule has 2 aromatic heterocycles. The van der Waals surface area contributed by atoms with Crippen LogP contribution >= 0.6 is 0 Å². The van der Waals surface area contributed by atoms with Crippen molar-refractivity contribution in [1.82, 2.24) is 9.97 Å². The summed E-state index contributed by atoms with van der Waals surface area (Å²) in [5, 5.41) is 16.6. The number of hydrogen-bond donors (Lipinski definition) is 2. The zero-order chi connectivity index (χ0) is 17.8. The van der Waals surface area contributed by atoms with Gasteiger partial charge in [0.1, 0.15) is 23.7 Å². The van der Waals surface area contributed by atoms with Crippen LogP contribution in [0.2, 0.25) is 0 Å². The van der Waals surface area contributed by atoms with Gasteiger partial charge in [0, 0.05) is 6.07 Å². The van der Waals surface area contributed by atoms with E-state index < -0.39 is 22.2 Å². The Kier molecular flexibility index (Phi) is 4.50. The van der Waals surface area contributed by atoms with Crippen LogP contribution in [0.1, 0.15) is 5.76 Å². The lowest BCUT2D eigenvalue weighted by molar-refractivity contribution is -0.383. The molecule has 2 N–H and O–H groups in total. The fourth-order valence-corrected chi connectivity index (χ4v) is 2.08. The van der Waals surface area contributed by atoms with E-state index in [4.69, 9.17) is 4.42 Å². The lowest BCUT2D eigenvalue weighted by Gasteiger charge is -2.10. The molecule has 25 heavy (non-hydrogen) atoms. The van der Waals surface area contributed by atoms with Crippen molar-refractivity contribution in [2.24, 2.45) is 0 Å². The first-order valence-corrected chi connectivity index (χ1v) is 7.02. The first-order valence-electron chi connectivity index (χ1n) is 7.02. The third-order valence-corrected chi connectivity index (χ3v) is 3.20. The number of nitrogens with one attached hydrogen (secondary N) is 2. The molecule has 0 saturated carbocycles. The van der Waals surface area contributed by atoms with Crippen LogP contribution in [-0.2, 0) is 6.54 Å². The maximum Gasteiger partial charge on any atom is 0.353 e. The van der Waals surface area contributed by atoms with Gasteiger partial charge in [-0.05, 0) is 24.3 Å². The van der Waals surface area contributed by atoms with Crippen LogP contribution in [-0.4, -0.2) is 14.9 Å². The number of furan rings is 1. The minimum Gasteiger partial charge on any atom is -0.467 e. The van der Waals surface area contributed by atoms with E-state index in [0.29, 0.717) is 5.76 Å². The highest BCUT2D eigenvalue weighted by Crippen LogP contribution is 2.32. The summed E-state index contributed by atoms with van der Waals surface area (Å²) in [6, 6.07) is 6.07. The van der Waals surface area contributed by atoms with Gasteiger partial charge in [0.05, 0.1) is 23.4 Å². The zero-order valence-corrected chi connectivity index (χ0v) is 12.6. The molecule has 0 unspecified atom stereocenters. The molecule has 0 aliphatic carbocycles. The molecule has 0 atom stereocenters. The van der Waals surface area contributed by atoms with Crippen LogP contribution < -0.4 is 10.6 Å². The Morgan fingerprint density at radius 2 is 2.00 bits per heavy atom. The third kappa shape index (κ3) is 3.68. The molecule has 10 heteroatoms. The Bertz CT molecular complexity index is 902. The second-order valence-corrected chi connectivity index (χ2v) is 4.86. The average molecular weight is 347 g/mol. The van der Waals surface area contributed by atoms with Crippen molar-refractivity contribution in [2.45, 2.75) is 6.54 Å². The maximum atomic E-state index is 13.8. The average Bonchev–Trinajstić information content (AvgIpc) is 3.09. The molecule has 0 aliphatic heterocycles. The molecule has 8 nitrogen and oxygen atoms in total. The minimum atomic E-state index is -0.778. The number of nitrogens with zero attached hydrogens (tertiary/aromatic N) is 3. The molecule has 0 fully saturated rings. The van der Waals surface area contributed by atoms with Gasteiger partial charge in [0.2, 0.25) is 11.6 Å². The van der Waals surface area contributed by atoms with Gasteiger partial charge in [0.15, 0.2) is 0 Å². The lowest BCUT2D eigenvalue weighted by Crippen LogP contribution is -2.08. The molecular weight excluding hydrogens is 336 g/mol. The van der Waals surface area contributed by atoms with E-state index in [-0.39, 0.29) is 23.9 Å². The highest BCUT2D eigenvalue weighted by atomic mass is 19.1. The molecule has 0 spiro atoms. The molecule has 3 rings (SSSR count). The fraction of sp³-hybridized carbons (Fsp3) is 0.0667. The van der Waals surface area contributed by atoms with Gasteiger partial charge in [-0.2, -0.15) is 0 Å². The number of nitro groups is 1. The summed E-state index contributed by atoms with van der Waals surface area (Å²) >= 11 is 0. The topological polar surface area (TPSA) is 106 Å². The van der Waals surface area contributed by atoms with Gasteiger partial charge in [-0.1, -0.05) is 0 Å². The van der Waals surface area contributed by atoms with Crippen LogP contribution in [0.4, 0.5) is 31.8 Å². The van der Waals surface area contributed by atoms with Crippen molar-refractivity contribution in [1.29, 1.82) is 0 Å². The number of hydrogen-bond acceptors (Lipinski definition) is 7. The van der Waals surface area contributed by atoms with E-state index in [2.05, 4.69) is 20.6 Å². The fourth-order valence-electron chi connectivity index (χ4n) is 2.08. The quantitative estimate of drug-likeness (QED) is 0.518. The lowest BCUT2D eigenvalue weighted by atomic mass is 10.3. The highest BCUT2D eigenvalue weighted by Gasteiger charge is 2.24. The Morgan fingerprint density at radius 1 is 1.20 bits per heavy atom. The molecule has 0 bridgehead atoms. The highest BCUT2D eigenvalue weighted by molar-refractivity contribution is 5.73. The summed E-state index contributed by atoms with van der Waals surface area (Å²) in [6.07, 6.45) is 2.53. The van der Waals surface area contributed by atoms with Crippen LogP contribution in [0.5, 0.6) is 0 Å². The van der Waals surface area contributed by atoms with Crippen molar-refractivity contribution < 1.29 is 18.1 Å². The number of aromatic nitrogens is 2. The summed E-state index contributed by atoms with van der Waals surface area (Å²) in [4.78, 5) is 18.3. The number of rotatable bonds is 6. The predicted molar refractivity (Wildman–Crippen MR) is 84.4 cm³/mol. The normalized spacial score (nSPS) is 10.5. The van der Waals surface area contributed by atoms with Gasteiger partial charge in [-0.25, -0.2) is 18.7 Å². The standard InChI is InChI=1S/C15H11F2N5O3/c16-9-3-4-11(17)12(6-9)21-15-13(22(23)24)14(19-8-20-15)18-7-10-2-1-5-25-10/h1-6,8H,7H2,(H2,18,19,20,21). The van der Waals surface area contributed by atoms with Gasteiger partial charge >= 0.3 is 5.69 Å². The molecular formula is C15H11F2N5O3. The Hall–Kier alpha value is -3.56. The predicted octanol–water partition coefficient (Wildman–Crippen LogP) is 3.61. The molecule has 0 saturated heterocycles. The first kappa shape index (κ1) is 16.3. The van der Waals surface area contributed by atoms with E-state index in [0.717, 1.165) is 24.5 Å². The SMILES string of the molecule is O=[N+]([O-])c1c(NCc2ccco2)ncnc1Nc1cc(F)ccc1F. The van der Waals surface area contributed by atoms with Gasteiger partial charge < -0.3 is 15.1 Å². The molecule has 2 heterocycles. The monoisotopic (exact) mass is 347 g/mol. The van der Waals surface area contributed by atoms with Crippen LogP contribution in [0.15, 0.2) is 47.3 Å². The second kappa shape index (κ2) is 6.91. The minimum absolute atomic E-state index is 0.0873. The number of anilines is 3. The summed E-state index contributed by atoms with van der Waals surface area (Å²) in [5.41, 5.74) is -0.781. The van der Waals surface area contributed by atoms with Crippen LogP contribution in [0, 0.1) is 21.7 Å². The van der Waals surface area contributed by atoms with E-state index in [9.17, 15) is 18.9 Å².